The number of carbonyl (C=O) groups is 1. The molecule has 0 unspecified atom stereocenters. The van der Waals surface area contributed by atoms with Crippen LogP contribution >= 0.6 is 0 Å². The number of ether oxygens (including phenoxy) is 2. The summed E-state index contributed by atoms with van der Waals surface area (Å²) in [5.74, 6) is -0.298. The third-order valence-electron chi connectivity index (χ3n) is 9.21. The second kappa shape index (κ2) is 19.3. The molecule has 0 amide bonds. The molecule has 8 heteroatoms. The third kappa shape index (κ3) is 10.5. The molecule has 0 aliphatic carbocycles. The van der Waals surface area contributed by atoms with Crippen LogP contribution in [0.15, 0.2) is 134 Å². The van der Waals surface area contributed by atoms with Crippen LogP contribution in [0, 0.1) is 0 Å². The molecular weight excluding hydrogens is 669 g/mol. The van der Waals surface area contributed by atoms with Crippen LogP contribution in [0.4, 0.5) is 0 Å². The van der Waals surface area contributed by atoms with Gasteiger partial charge in [-0.2, -0.15) is 0 Å². The minimum atomic E-state index is -2.62. The Morgan fingerprint density at radius 3 is 1.25 bits per heavy atom. The van der Waals surface area contributed by atoms with Gasteiger partial charge in [-0.15, -0.1) is 6.58 Å². The second-order valence-corrected chi connectivity index (χ2v) is 23.4. The van der Waals surface area contributed by atoms with E-state index in [0.717, 1.165) is 0 Å². The first-order valence-corrected chi connectivity index (χ1v) is 21.5. The van der Waals surface area contributed by atoms with Crippen LogP contribution in [-0.4, -0.2) is 67.4 Å². The Morgan fingerprint density at radius 1 is 0.647 bits per heavy atom. The van der Waals surface area contributed by atoms with Gasteiger partial charge in [0.2, 0.25) is 0 Å². The Labute approximate surface area is 308 Å². The Hall–Kier alpha value is -3.64. The van der Waals surface area contributed by atoms with Crippen LogP contribution in [0.2, 0.25) is 10.1 Å². The van der Waals surface area contributed by atoms with E-state index in [9.17, 15) is 9.90 Å². The van der Waals surface area contributed by atoms with Gasteiger partial charge in [0.05, 0.1) is 39.0 Å². The summed E-state index contributed by atoms with van der Waals surface area (Å²) in [7, 11) is -2.17. The van der Waals surface area contributed by atoms with Crippen LogP contribution in [0.1, 0.15) is 54.4 Å². The molecule has 0 saturated carbocycles. The Bertz CT molecular complexity index is 1510. The van der Waals surface area contributed by atoms with Gasteiger partial charge in [-0.25, -0.2) is 0 Å². The average molecular weight is 727 g/mol. The standard InChI is InChI=1S/C22H30O4Si.C21H28O2Si/c1-22(2,3)27(19-12-8-6-9-13-19,20-14-10-7-11-15-20)26-17-18(24-4)16-21(23)25-5;1-5-12-18(22)17-23-24(21(2,3)4,19-13-8-6-9-14-19)20-15-10-7-11-16-20/h6-15,18H,16-17H2,1-5H3;5-11,13-16,18,22H,1,12,17H2,2-4H3/t2*18-/m00/s1. The minimum Gasteiger partial charge on any atom is -0.469 e. The quantitative estimate of drug-likeness (QED) is 0.0842. The minimum absolute atomic E-state index is 0.0659. The molecule has 0 aliphatic heterocycles. The largest absolute Gasteiger partial charge is 0.469 e. The molecule has 0 heterocycles. The van der Waals surface area contributed by atoms with Gasteiger partial charge >= 0.3 is 5.97 Å². The van der Waals surface area contributed by atoms with E-state index in [1.807, 2.05) is 24.3 Å². The van der Waals surface area contributed by atoms with Gasteiger partial charge < -0.3 is 23.4 Å². The highest BCUT2D eigenvalue weighted by Crippen LogP contribution is 2.38. The smallest absolute Gasteiger partial charge is 0.308 e. The van der Waals surface area contributed by atoms with Crippen molar-refractivity contribution < 1.29 is 28.2 Å². The van der Waals surface area contributed by atoms with Crippen LogP contribution in [-0.2, 0) is 23.1 Å². The maximum Gasteiger partial charge on any atom is 0.308 e. The monoisotopic (exact) mass is 726 g/mol. The number of methoxy groups -OCH3 is 2. The van der Waals surface area contributed by atoms with Gasteiger partial charge in [0.1, 0.15) is 0 Å². The zero-order chi connectivity index (χ0) is 37.5. The molecule has 1 N–H and O–H groups in total. The molecule has 0 aliphatic rings. The highest BCUT2D eigenvalue weighted by Gasteiger charge is 2.51. The molecule has 4 rings (SSSR count). The molecule has 2 atom stereocenters. The van der Waals surface area contributed by atoms with E-state index < -0.39 is 22.7 Å². The first-order chi connectivity index (χ1) is 24.3. The van der Waals surface area contributed by atoms with Crippen LogP contribution in [0.3, 0.4) is 0 Å². The van der Waals surface area contributed by atoms with E-state index in [2.05, 4.69) is 145 Å². The van der Waals surface area contributed by atoms with Gasteiger partial charge in [0.15, 0.2) is 0 Å². The van der Waals surface area contributed by atoms with Crippen molar-refractivity contribution in [3.05, 3.63) is 134 Å². The van der Waals surface area contributed by atoms with Crippen LogP contribution in [0.25, 0.3) is 0 Å². The molecule has 51 heavy (non-hydrogen) atoms. The van der Waals surface area contributed by atoms with Gasteiger partial charge in [0, 0.05) is 7.11 Å². The second-order valence-electron chi connectivity index (χ2n) is 14.8. The molecule has 0 radical (unpaired) electrons. The van der Waals surface area contributed by atoms with E-state index in [1.54, 1.807) is 13.2 Å². The number of carbonyl (C=O) groups excluding carboxylic acids is 1. The van der Waals surface area contributed by atoms with Gasteiger partial charge in [0.25, 0.3) is 16.6 Å². The number of hydrogen-bond donors (Lipinski definition) is 1. The van der Waals surface area contributed by atoms with Crippen LogP contribution < -0.4 is 20.7 Å². The van der Waals surface area contributed by atoms with Crippen LogP contribution in [0.5, 0.6) is 0 Å². The maximum absolute atomic E-state index is 11.7. The summed E-state index contributed by atoms with van der Waals surface area (Å²) in [6, 6.07) is 41.8. The Morgan fingerprint density at radius 2 is 0.980 bits per heavy atom. The number of aliphatic hydroxyl groups excluding tert-OH is 1. The zero-order valence-corrected chi connectivity index (χ0v) is 33.8. The van der Waals surface area contributed by atoms with Crippen molar-refractivity contribution in [1.29, 1.82) is 0 Å². The van der Waals surface area contributed by atoms with E-state index in [0.29, 0.717) is 19.6 Å². The fourth-order valence-electron chi connectivity index (χ4n) is 6.70. The predicted molar refractivity (Wildman–Crippen MR) is 215 cm³/mol. The van der Waals surface area contributed by atoms with E-state index in [1.165, 1.54) is 27.9 Å². The first kappa shape index (κ1) is 41.8. The van der Waals surface area contributed by atoms with E-state index in [-0.39, 0.29) is 28.6 Å². The van der Waals surface area contributed by atoms with Crippen molar-refractivity contribution in [2.75, 3.05) is 27.4 Å². The van der Waals surface area contributed by atoms with Crippen molar-refractivity contribution in [1.82, 2.24) is 0 Å². The number of rotatable bonds is 15. The van der Waals surface area contributed by atoms with Crippen molar-refractivity contribution >= 4 is 43.4 Å². The lowest BCUT2D eigenvalue weighted by atomic mass is 10.2. The van der Waals surface area contributed by atoms with Gasteiger partial charge in [-0.1, -0.05) is 169 Å². The number of hydrogen-bond acceptors (Lipinski definition) is 6. The molecule has 4 aromatic rings. The highest BCUT2D eigenvalue weighted by atomic mass is 28.4. The molecule has 0 aromatic heterocycles. The van der Waals surface area contributed by atoms with Crippen molar-refractivity contribution in [2.24, 2.45) is 0 Å². The lowest BCUT2D eigenvalue weighted by Crippen LogP contribution is -2.67. The highest BCUT2D eigenvalue weighted by molar-refractivity contribution is 7.00. The summed E-state index contributed by atoms with van der Waals surface area (Å²) in [5.41, 5.74) is 0. The summed E-state index contributed by atoms with van der Waals surface area (Å²) in [6.07, 6.45) is 1.58. The maximum atomic E-state index is 11.7. The Balaban J connectivity index is 0.000000277. The first-order valence-electron chi connectivity index (χ1n) is 17.7. The predicted octanol–water partition coefficient (Wildman–Crippen LogP) is 6.64. The summed E-state index contributed by atoms with van der Waals surface area (Å²) in [4.78, 5) is 11.7. The average Bonchev–Trinajstić information content (AvgIpc) is 3.12. The SMILES string of the molecule is C=CC[C@H](O)CO[Si](c1ccccc1)(c1ccccc1)C(C)(C)C.COC(=O)C[C@@H](CO[Si](c1ccccc1)(c1ccccc1)C(C)(C)C)OC. The summed E-state index contributed by atoms with van der Waals surface area (Å²) in [5, 5.41) is 14.9. The molecule has 0 fully saturated rings. The van der Waals surface area contributed by atoms with E-state index >= 15 is 0 Å². The fourth-order valence-corrected chi connectivity index (χ4v) is 15.9. The molecule has 274 valence electrons. The lowest BCUT2D eigenvalue weighted by Gasteiger charge is -2.43. The van der Waals surface area contributed by atoms with Crippen molar-refractivity contribution in [2.45, 2.75) is 76.7 Å². The van der Waals surface area contributed by atoms with Gasteiger partial charge in [-0.05, 0) is 37.2 Å². The van der Waals surface area contributed by atoms with Crippen molar-refractivity contribution in [3.63, 3.8) is 0 Å². The molecular formula is C43H58O6Si2. The third-order valence-corrected chi connectivity index (χ3v) is 19.2. The Kier molecular flexibility index (Phi) is 15.8. The zero-order valence-electron chi connectivity index (χ0n) is 31.8. The summed E-state index contributed by atoms with van der Waals surface area (Å²) < 4.78 is 23.7. The molecule has 6 nitrogen and oxygen atoms in total. The van der Waals surface area contributed by atoms with Gasteiger partial charge in [-0.3, -0.25) is 4.79 Å². The topological polar surface area (TPSA) is 74.2 Å². The normalized spacial score (nSPS) is 13.4. The lowest BCUT2D eigenvalue weighted by molar-refractivity contribution is -0.143. The number of aliphatic hydroxyl groups is 1. The number of benzene rings is 4. The summed E-state index contributed by atoms with van der Waals surface area (Å²) in [6.45, 7) is 17.7. The van der Waals surface area contributed by atoms with Crippen molar-refractivity contribution in [3.8, 4) is 0 Å². The van der Waals surface area contributed by atoms with E-state index in [4.69, 9.17) is 18.3 Å². The molecule has 0 saturated heterocycles. The fraction of sp³-hybridized carbons (Fsp3) is 0.372. The summed E-state index contributed by atoms with van der Waals surface area (Å²) >= 11 is 0. The molecule has 4 aromatic carbocycles. The molecule has 0 bridgehead atoms. The molecule has 0 spiro atoms. The number of esters is 1.